The van der Waals surface area contributed by atoms with Crippen LogP contribution in [0.5, 0.6) is 0 Å². The van der Waals surface area contributed by atoms with Crippen molar-refractivity contribution in [1.82, 2.24) is 25.5 Å². The lowest BCUT2D eigenvalue weighted by Gasteiger charge is -2.34. The Labute approximate surface area is 186 Å². The number of guanidine groups is 1. The predicted octanol–water partition coefficient (Wildman–Crippen LogP) is 2.49. The van der Waals surface area contributed by atoms with E-state index < -0.39 is 0 Å². The molecule has 1 aromatic heterocycles. The molecule has 1 saturated carbocycles. The molecule has 3 rings (SSSR count). The number of halogens is 1. The molecule has 7 nitrogen and oxygen atoms in total. The van der Waals surface area contributed by atoms with Gasteiger partial charge < -0.3 is 15.5 Å². The van der Waals surface area contributed by atoms with Crippen LogP contribution in [0.4, 0.5) is 5.95 Å². The molecule has 0 radical (unpaired) electrons. The number of hydrogen-bond donors (Lipinski definition) is 2. The van der Waals surface area contributed by atoms with Crippen molar-refractivity contribution in [2.24, 2.45) is 4.99 Å². The third kappa shape index (κ3) is 7.69. The molecule has 2 aliphatic rings. The van der Waals surface area contributed by atoms with Gasteiger partial charge in [-0.2, -0.15) is 0 Å². The van der Waals surface area contributed by atoms with Crippen molar-refractivity contribution in [3.05, 3.63) is 18.5 Å². The summed E-state index contributed by atoms with van der Waals surface area (Å²) in [6.45, 7) is 9.18. The minimum Gasteiger partial charge on any atom is -0.357 e. The smallest absolute Gasteiger partial charge is 0.225 e. The standard InChI is InChI=1S/C20H35N7.HI/c1-2-21-19(25-18-8-4-3-5-9-18)22-12-7-13-26-14-16-27(17-15-26)20-23-10-6-11-24-20;/h6,10-11,18H,2-5,7-9,12-17H2,1H3,(H2,21,22,25);1H. The summed E-state index contributed by atoms with van der Waals surface area (Å²) in [5.41, 5.74) is 0. The molecular weight excluding hydrogens is 465 g/mol. The van der Waals surface area contributed by atoms with E-state index in [2.05, 4.69) is 37.3 Å². The molecule has 2 N–H and O–H groups in total. The van der Waals surface area contributed by atoms with Gasteiger partial charge in [-0.1, -0.05) is 19.3 Å². The van der Waals surface area contributed by atoms with E-state index in [4.69, 9.17) is 4.99 Å². The first-order valence-electron chi connectivity index (χ1n) is 10.6. The second-order valence-electron chi connectivity index (χ2n) is 7.47. The van der Waals surface area contributed by atoms with E-state index in [0.717, 1.165) is 64.1 Å². The highest BCUT2D eigenvalue weighted by atomic mass is 127. The van der Waals surface area contributed by atoms with Crippen molar-refractivity contribution in [1.29, 1.82) is 0 Å². The Morgan fingerprint density at radius 3 is 2.50 bits per heavy atom. The largest absolute Gasteiger partial charge is 0.357 e. The molecule has 1 aliphatic heterocycles. The van der Waals surface area contributed by atoms with Crippen LogP contribution < -0.4 is 15.5 Å². The molecule has 1 saturated heterocycles. The molecule has 8 heteroatoms. The molecule has 1 aromatic rings. The SMILES string of the molecule is CCNC(=NCCCN1CCN(c2ncccn2)CC1)NC1CCCCC1.I. The van der Waals surface area contributed by atoms with Crippen LogP contribution in [0.2, 0.25) is 0 Å². The second-order valence-corrected chi connectivity index (χ2v) is 7.47. The summed E-state index contributed by atoms with van der Waals surface area (Å²) in [6, 6.07) is 2.47. The summed E-state index contributed by atoms with van der Waals surface area (Å²) in [4.78, 5) is 18.3. The maximum Gasteiger partial charge on any atom is 0.225 e. The zero-order valence-electron chi connectivity index (χ0n) is 17.1. The molecule has 1 aliphatic carbocycles. The number of aromatic nitrogens is 2. The highest BCUT2D eigenvalue weighted by molar-refractivity contribution is 14.0. The minimum atomic E-state index is 0. The molecule has 0 unspecified atom stereocenters. The van der Waals surface area contributed by atoms with E-state index in [1.807, 2.05) is 18.5 Å². The normalized spacial score (nSPS) is 19.2. The lowest BCUT2D eigenvalue weighted by Crippen LogP contribution is -2.47. The number of anilines is 1. The number of rotatable bonds is 7. The van der Waals surface area contributed by atoms with Gasteiger partial charge >= 0.3 is 0 Å². The van der Waals surface area contributed by atoms with Crippen molar-refractivity contribution in [3.8, 4) is 0 Å². The average Bonchev–Trinajstić information content (AvgIpc) is 2.73. The van der Waals surface area contributed by atoms with Crippen molar-refractivity contribution >= 4 is 35.9 Å². The van der Waals surface area contributed by atoms with E-state index in [-0.39, 0.29) is 24.0 Å². The topological polar surface area (TPSA) is 68.7 Å². The molecule has 2 fully saturated rings. The molecule has 0 atom stereocenters. The summed E-state index contributed by atoms with van der Waals surface area (Å²) >= 11 is 0. The Kier molecular flexibility index (Phi) is 10.8. The summed E-state index contributed by atoms with van der Waals surface area (Å²) in [6.07, 6.45) is 11.4. The third-order valence-corrected chi connectivity index (χ3v) is 5.40. The highest BCUT2D eigenvalue weighted by Gasteiger charge is 2.18. The molecule has 0 aromatic carbocycles. The summed E-state index contributed by atoms with van der Waals surface area (Å²) in [5, 5.41) is 7.02. The van der Waals surface area contributed by atoms with E-state index in [0.29, 0.717) is 6.04 Å². The lowest BCUT2D eigenvalue weighted by molar-refractivity contribution is 0.255. The minimum absolute atomic E-state index is 0. The number of nitrogens with zero attached hydrogens (tertiary/aromatic N) is 5. The van der Waals surface area contributed by atoms with Gasteiger partial charge in [0.15, 0.2) is 5.96 Å². The van der Waals surface area contributed by atoms with Crippen LogP contribution in [0.15, 0.2) is 23.5 Å². The molecule has 158 valence electrons. The summed E-state index contributed by atoms with van der Waals surface area (Å²) in [5.74, 6) is 1.85. The fourth-order valence-corrected chi connectivity index (χ4v) is 3.87. The van der Waals surface area contributed by atoms with Gasteiger partial charge in [0.25, 0.3) is 0 Å². The molecule has 2 heterocycles. The quantitative estimate of drug-likeness (QED) is 0.259. The molecule has 0 bridgehead atoms. The van der Waals surface area contributed by atoms with E-state index in [1.54, 1.807) is 0 Å². The lowest BCUT2D eigenvalue weighted by atomic mass is 9.96. The van der Waals surface area contributed by atoms with Gasteiger partial charge in [0.1, 0.15) is 0 Å². The van der Waals surface area contributed by atoms with Crippen molar-refractivity contribution < 1.29 is 0 Å². The van der Waals surface area contributed by atoms with Gasteiger partial charge in [-0.25, -0.2) is 9.97 Å². The third-order valence-electron chi connectivity index (χ3n) is 5.40. The first-order chi connectivity index (χ1) is 13.3. The summed E-state index contributed by atoms with van der Waals surface area (Å²) in [7, 11) is 0. The number of piperazine rings is 1. The zero-order valence-corrected chi connectivity index (χ0v) is 19.5. The maximum absolute atomic E-state index is 4.79. The molecule has 0 amide bonds. The van der Waals surface area contributed by atoms with Crippen molar-refractivity contribution in [2.75, 3.05) is 50.7 Å². The predicted molar refractivity (Wildman–Crippen MR) is 127 cm³/mol. The maximum atomic E-state index is 4.79. The van der Waals surface area contributed by atoms with Gasteiger partial charge in [0.05, 0.1) is 0 Å². The van der Waals surface area contributed by atoms with Crippen LogP contribution in [0.3, 0.4) is 0 Å². The van der Waals surface area contributed by atoms with Crippen LogP contribution in [-0.4, -0.2) is 72.7 Å². The Morgan fingerprint density at radius 2 is 1.82 bits per heavy atom. The average molecular weight is 501 g/mol. The fourth-order valence-electron chi connectivity index (χ4n) is 3.87. The molecule has 0 spiro atoms. The van der Waals surface area contributed by atoms with Gasteiger partial charge in [-0.05, 0) is 32.3 Å². The summed E-state index contributed by atoms with van der Waals surface area (Å²) < 4.78 is 0. The monoisotopic (exact) mass is 501 g/mol. The first-order valence-corrected chi connectivity index (χ1v) is 10.6. The molecular formula is C20H36IN7. The Hall–Kier alpha value is -1.16. The second kappa shape index (κ2) is 13.1. The first kappa shape index (κ1) is 23.1. The molecule has 28 heavy (non-hydrogen) atoms. The van der Waals surface area contributed by atoms with Crippen LogP contribution in [-0.2, 0) is 0 Å². The van der Waals surface area contributed by atoms with Gasteiger partial charge in [0.2, 0.25) is 5.95 Å². The van der Waals surface area contributed by atoms with Gasteiger partial charge in [-0.15, -0.1) is 24.0 Å². The Bertz CT molecular complexity index is 555. The van der Waals surface area contributed by atoms with Crippen LogP contribution in [0.25, 0.3) is 0 Å². The van der Waals surface area contributed by atoms with Gasteiger partial charge in [0, 0.05) is 64.2 Å². The van der Waals surface area contributed by atoms with Crippen LogP contribution in [0.1, 0.15) is 45.4 Å². The number of hydrogen-bond acceptors (Lipinski definition) is 5. The van der Waals surface area contributed by atoms with Gasteiger partial charge in [-0.3, -0.25) is 9.89 Å². The van der Waals surface area contributed by atoms with E-state index in [1.165, 1.54) is 32.1 Å². The zero-order chi connectivity index (χ0) is 18.7. The number of aliphatic imine (C=N–C) groups is 1. The fraction of sp³-hybridized carbons (Fsp3) is 0.750. The Morgan fingerprint density at radius 1 is 1.11 bits per heavy atom. The van der Waals surface area contributed by atoms with E-state index >= 15 is 0 Å². The van der Waals surface area contributed by atoms with Crippen molar-refractivity contribution in [3.63, 3.8) is 0 Å². The van der Waals surface area contributed by atoms with Crippen molar-refractivity contribution in [2.45, 2.75) is 51.5 Å². The highest BCUT2D eigenvalue weighted by Crippen LogP contribution is 2.17. The Balaban J connectivity index is 0.00000280. The van der Waals surface area contributed by atoms with Crippen LogP contribution in [0, 0.1) is 0 Å². The van der Waals surface area contributed by atoms with E-state index in [9.17, 15) is 0 Å². The number of nitrogens with one attached hydrogen (secondary N) is 2. The van der Waals surface area contributed by atoms with Crippen LogP contribution >= 0.6 is 24.0 Å².